The molecule has 0 fully saturated rings. The van der Waals surface area contributed by atoms with E-state index in [4.69, 9.17) is 4.74 Å². The lowest BCUT2D eigenvalue weighted by Gasteiger charge is -2.09. The zero-order chi connectivity index (χ0) is 20.2. The molecule has 0 atom stereocenters. The van der Waals surface area contributed by atoms with Crippen LogP contribution in [0.3, 0.4) is 0 Å². The Labute approximate surface area is 174 Å². The number of thiazole rings is 1. The summed E-state index contributed by atoms with van der Waals surface area (Å²) in [5.41, 5.74) is 1.39. The largest absolute Gasteiger partial charge is 0.491 e. The number of nitrogens with one attached hydrogen (secondary N) is 1. The van der Waals surface area contributed by atoms with E-state index in [0.717, 1.165) is 53.8 Å². The van der Waals surface area contributed by atoms with Crippen LogP contribution in [0.25, 0.3) is 10.6 Å². The Balaban J connectivity index is 1.39. The van der Waals surface area contributed by atoms with Crippen LogP contribution in [0.1, 0.15) is 55.2 Å². The highest BCUT2D eigenvalue weighted by atomic mass is 32.1. The lowest BCUT2D eigenvalue weighted by atomic mass is 10.2. The average molecular weight is 412 g/mol. The Morgan fingerprint density at radius 2 is 2.03 bits per heavy atom. The molecule has 3 heterocycles. The van der Waals surface area contributed by atoms with Crippen molar-refractivity contribution in [2.75, 3.05) is 0 Å². The quantitative estimate of drug-likeness (QED) is 0.666. The number of nitrogens with zero attached hydrogens (tertiary/aromatic N) is 4. The fourth-order valence-electron chi connectivity index (χ4n) is 3.38. The highest BCUT2D eigenvalue weighted by Gasteiger charge is 2.17. The number of fused-ring (bicyclic) bond motifs is 1. The molecule has 1 aliphatic heterocycles. The first-order chi connectivity index (χ1) is 14.1. The first-order valence-electron chi connectivity index (χ1n) is 10.0. The topological polar surface area (TPSA) is 81.9 Å². The van der Waals surface area contributed by atoms with Gasteiger partial charge in [-0.05, 0) is 51.0 Å². The first-order valence-corrected chi connectivity index (χ1v) is 10.9. The Hall–Kier alpha value is -2.74. The minimum absolute atomic E-state index is 0.135. The third kappa shape index (κ3) is 4.64. The number of carbonyl (C=O) groups excluding carboxylic acids is 1. The maximum atomic E-state index is 12.6. The summed E-state index contributed by atoms with van der Waals surface area (Å²) in [6, 6.07) is 7.77. The molecule has 0 bridgehead atoms. The van der Waals surface area contributed by atoms with Crippen molar-refractivity contribution in [3.8, 4) is 16.3 Å². The summed E-state index contributed by atoms with van der Waals surface area (Å²) in [6.07, 6.45) is 4.58. The Morgan fingerprint density at radius 3 is 2.83 bits per heavy atom. The second-order valence-corrected chi connectivity index (χ2v) is 8.26. The zero-order valence-electron chi connectivity index (χ0n) is 16.7. The van der Waals surface area contributed by atoms with Gasteiger partial charge in [0.15, 0.2) is 5.82 Å². The molecule has 8 heteroatoms. The summed E-state index contributed by atoms with van der Waals surface area (Å²) in [5, 5.41) is 14.1. The van der Waals surface area contributed by atoms with Crippen LogP contribution in [-0.2, 0) is 19.5 Å². The molecule has 0 saturated carbocycles. The number of rotatable bonds is 6. The van der Waals surface area contributed by atoms with Crippen molar-refractivity contribution in [2.45, 2.75) is 58.7 Å². The van der Waals surface area contributed by atoms with Crippen LogP contribution < -0.4 is 10.1 Å². The van der Waals surface area contributed by atoms with Gasteiger partial charge in [-0.15, -0.1) is 21.5 Å². The van der Waals surface area contributed by atoms with Crippen molar-refractivity contribution in [2.24, 2.45) is 0 Å². The summed E-state index contributed by atoms with van der Waals surface area (Å²) < 4.78 is 7.81. The molecular formula is C21H25N5O2S. The van der Waals surface area contributed by atoms with Crippen molar-refractivity contribution in [1.29, 1.82) is 0 Å². The van der Waals surface area contributed by atoms with E-state index in [1.165, 1.54) is 17.8 Å². The van der Waals surface area contributed by atoms with Gasteiger partial charge in [0.1, 0.15) is 22.3 Å². The lowest BCUT2D eigenvalue weighted by molar-refractivity contribution is 0.0945. The molecule has 29 heavy (non-hydrogen) atoms. The van der Waals surface area contributed by atoms with E-state index in [1.54, 1.807) is 5.38 Å². The third-order valence-electron chi connectivity index (χ3n) is 4.80. The van der Waals surface area contributed by atoms with Gasteiger partial charge in [0, 0.05) is 23.9 Å². The number of carbonyl (C=O) groups is 1. The van der Waals surface area contributed by atoms with Crippen LogP contribution in [0.5, 0.6) is 5.75 Å². The maximum Gasteiger partial charge on any atom is 0.271 e. The molecule has 2 aromatic heterocycles. The van der Waals surface area contributed by atoms with E-state index >= 15 is 0 Å². The van der Waals surface area contributed by atoms with Gasteiger partial charge in [-0.25, -0.2) is 4.98 Å². The monoisotopic (exact) mass is 411 g/mol. The van der Waals surface area contributed by atoms with Crippen LogP contribution >= 0.6 is 11.3 Å². The van der Waals surface area contributed by atoms with Crippen molar-refractivity contribution in [3.63, 3.8) is 0 Å². The summed E-state index contributed by atoms with van der Waals surface area (Å²) in [4.78, 5) is 17.0. The molecule has 1 aliphatic rings. The van der Waals surface area contributed by atoms with Gasteiger partial charge in [-0.2, -0.15) is 0 Å². The van der Waals surface area contributed by atoms with Crippen molar-refractivity contribution in [3.05, 3.63) is 47.0 Å². The molecule has 7 nitrogen and oxygen atoms in total. The highest BCUT2D eigenvalue weighted by Crippen LogP contribution is 2.26. The van der Waals surface area contributed by atoms with Gasteiger partial charge in [0.05, 0.1) is 12.6 Å². The number of aromatic nitrogens is 4. The molecule has 4 rings (SSSR count). The molecule has 1 N–H and O–H groups in total. The second kappa shape index (κ2) is 8.73. The Morgan fingerprint density at radius 1 is 1.21 bits per heavy atom. The predicted molar refractivity (Wildman–Crippen MR) is 112 cm³/mol. The van der Waals surface area contributed by atoms with Crippen LogP contribution in [0.15, 0.2) is 29.6 Å². The number of hydrogen-bond donors (Lipinski definition) is 1. The normalized spacial score (nSPS) is 13.8. The van der Waals surface area contributed by atoms with Gasteiger partial charge in [0.2, 0.25) is 0 Å². The summed E-state index contributed by atoms with van der Waals surface area (Å²) in [5.74, 6) is 2.46. The van der Waals surface area contributed by atoms with Crippen LogP contribution in [0, 0.1) is 0 Å². The molecule has 1 amide bonds. The minimum Gasteiger partial charge on any atom is -0.491 e. The molecule has 0 spiro atoms. The number of hydrogen-bond acceptors (Lipinski definition) is 6. The SMILES string of the molecule is CC(C)Oc1ccc(-c2nc(C(=O)NCc3nnc4n3CCCCC4)cs2)cc1. The van der Waals surface area contributed by atoms with Gasteiger partial charge in [-0.3, -0.25) is 4.79 Å². The number of aryl methyl sites for hydroxylation is 1. The molecule has 1 aromatic carbocycles. The van der Waals surface area contributed by atoms with Crippen LogP contribution in [-0.4, -0.2) is 31.8 Å². The van der Waals surface area contributed by atoms with Crippen molar-refractivity contribution in [1.82, 2.24) is 25.1 Å². The van der Waals surface area contributed by atoms with E-state index in [-0.39, 0.29) is 12.0 Å². The van der Waals surface area contributed by atoms with E-state index in [0.29, 0.717) is 12.2 Å². The Bertz CT molecular complexity index is 977. The zero-order valence-corrected chi connectivity index (χ0v) is 17.5. The van der Waals surface area contributed by atoms with Gasteiger partial charge in [0.25, 0.3) is 5.91 Å². The molecule has 0 unspecified atom stereocenters. The number of ether oxygens (including phenoxy) is 1. The molecule has 152 valence electrons. The number of amides is 1. The van der Waals surface area contributed by atoms with Crippen molar-refractivity contribution >= 4 is 17.2 Å². The standard InChI is InChI=1S/C21H25N5O2S/c1-14(2)28-16-9-7-15(8-10-16)21-23-17(13-29-21)20(27)22-12-19-25-24-18-6-4-3-5-11-26(18)19/h7-10,13-14H,3-6,11-12H2,1-2H3,(H,22,27). The molecule has 3 aromatic rings. The lowest BCUT2D eigenvalue weighted by Crippen LogP contribution is -2.25. The van der Waals surface area contributed by atoms with Gasteiger partial charge < -0.3 is 14.6 Å². The second-order valence-electron chi connectivity index (χ2n) is 7.41. The van der Waals surface area contributed by atoms with Crippen LogP contribution in [0.2, 0.25) is 0 Å². The molecule has 0 aliphatic carbocycles. The van der Waals surface area contributed by atoms with Crippen LogP contribution in [0.4, 0.5) is 0 Å². The maximum absolute atomic E-state index is 12.6. The van der Waals surface area contributed by atoms with E-state index in [2.05, 4.69) is 25.1 Å². The smallest absolute Gasteiger partial charge is 0.271 e. The molecule has 0 radical (unpaired) electrons. The Kier molecular flexibility index (Phi) is 5.89. The average Bonchev–Trinajstić information content (AvgIpc) is 3.28. The first kappa shape index (κ1) is 19.6. The molecule has 0 saturated heterocycles. The van der Waals surface area contributed by atoms with Crippen molar-refractivity contribution < 1.29 is 9.53 Å². The van der Waals surface area contributed by atoms with E-state index in [1.807, 2.05) is 38.1 Å². The fourth-order valence-corrected chi connectivity index (χ4v) is 4.19. The fraction of sp³-hybridized carbons (Fsp3) is 0.429. The minimum atomic E-state index is -0.196. The third-order valence-corrected chi connectivity index (χ3v) is 5.69. The predicted octanol–water partition coefficient (Wildman–Crippen LogP) is 3.85. The number of benzene rings is 1. The summed E-state index contributed by atoms with van der Waals surface area (Å²) in [7, 11) is 0. The van der Waals surface area contributed by atoms with E-state index in [9.17, 15) is 4.79 Å². The highest BCUT2D eigenvalue weighted by molar-refractivity contribution is 7.13. The van der Waals surface area contributed by atoms with Gasteiger partial charge in [-0.1, -0.05) is 6.42 Å². The summed E-state index contributed by atoms with van der Waals surface area (Å²) in [6.45, 7) is 5.28. The summed E-state index contributed by atoms with van der Waals surface area (Å²) >= 11 is 1.45. The van der Waals surface area contributed by atoms with Gasteiger partial charge >= 0.3 is 0 Å². The van der Waals surface area contributed by atoms with E-state index < -0.39 is 0 Å². The molecular weight excluding hydrogens is 386 g/mol.